The van der Waals surface area contributed by atoms with E-state index in [1.807, 2.05) is 6.92 Å². The average molecular weight is 459 g/mol. The molecule has 1 unspecified atom stereocenters. The Kier molecular flexibility index (Phi) is 8.21. The number of carboxylic acid groups (broad SMARTS) is 1. The van der Waals surface area contributed by atoms with Gasteiger partial charge in [0, 0.05) is 31.6 Å². The van der Waals surface area contributed by atoms with Crippen LogP contribution in [0.25, 0.3) is 0 Å². The van der Waals surface area contributed by atoms with Crippen LogP contribution >= 0.6 is 0 Å². The Hall–Kier alpha value is -3.31. The lowest BCUT2D eigenvalue weighted by molar-refractivity contribution is 0.160. The first-order valence-corrected chi connectivity index (χ1v) is 12.1. The van der Waals surface area contributed by atoms with Gasteiger partial charge in [0.2, 0.25) is 0 Å². The molecule has 1 amide bonds. The second-order valence-corrected chi connectivity index (χ2v) is 9.15. The largest absolute Gasteiger partial charge is 0.493 e. The van der Waals surface area contributed by atoms with Gasteiger partial charge in [-0.25, -0.2) is 4.79 Å². The summed E-state index contributed by atoms with van der Waals surface area (Å²) < 4.78 is 6.17. The summed E-state index contributed by atoms with van der Waals surface area (Å²) in [5.74, 6) is 0.934. The van der Waals surface area contributed by atoms with Crippen LogP contribution in [0.3, 0.4) is 0 Å². The molecule has 0 fully saturated rings. The Bertz CT molecular complexity index is 1010. The highest BCUT2D eigenvalue weighted by Gasteiger charge is 2.27. The van der Waals surface area contributed by atoms with Crippen molar-refractivity contribution in [2.75, 3.05) is 6.61 Å². The fourth-order valence-corrected chi connectivity index (χ4v) is 4.76. The Labute approximate surface area is 202 Å². The summed E-state index contributed by atoms with van der Waals surface area (Å²) in [5.41, 5.74) is 5.32. The number of nitrogens with one attached hydrogen (secondary N) is 1. The summed E-state index contributed by atoms with van der Waals surface area (Å²) in [6, 6.07) is 28.0. The summed E-state index contributed by atoms with van der Waals surface area (Å²) in [7, 11) is 0. The molecule has 0 aromatic heterocycles. The molecule has 0 bridgehead atoms. The van der Waals surface area contributed by atoms with Gasteiger partial charge in [-0.15, -0.1) is 0 Å². The van der Waals surface area contributed by atoms with E-state index in [9.17, 15) is 4.79 Å². The zero-order valence-corrected chi connectivity index (χ0v) is 19.8. The molecular formula is C29H34N2O3. The molecule has 0 saturated heterocycles. The normalized spacial score (nSPS) is 16.0. The Balaban J connectivity index is 1.48. The van der Waals surface area contributed by atoms with E-state index in [0.717, 1.165) is 38.1 Å². The van der Waals surface area contributed by atoms with Crippen LogP contribution in [0.2, 0.25) is 0 Å². The Morgan fingerprint density at radius 3 is 2.26 bits per heavy atom. The van der Waals surface area contributed by atoms with Crippen LogP contribution in [-0.4, -0.2) is 34.8 Å². The zero-order valence-electron chi connectivity index (χ0n) is 19.8. The van der Waals surface area contributed by atoms with Crippen LogP contribution in [0.1, 0.15) is 42.0 Å². The summed E-state index contributed by atoms with van der Waals surface area (Å²) in [4.78, 5) is 13.4. The first-order valence-electron chi connectivity index (χ1n) is 12.1. The van der Waals surface area contributed by atoms with Gasteiger partial charge >= 0.3 is 6.09 Å². The molecule has 0 aliphatic heterocycles. The quantitative estimate of drug-likeness (QED) is 0.411. The van der Waals surface area contributed by atoms with E-state index in [1.165, 1.54) is 22.3 Å². The van der Waals surface area contributed by atoms with Crippen LogP contribution < -0.4 is 10.1 Å². The number of hydrogen-bond acceptors (Lipinski definition) is 3. The minimum Gasteiger partial charge on any atom is -0.493 e. The van der Waals surface area contributed by atoms with Gasteiger partial charge in [-0.1, -0.05) is 72.8 Å². The van der Waals surface area contributed by atoms with Gasteiger partial charge in [-0.2, -0.15) is 0 Å². The van der Waals surface area contributed by atoms with Crippen LogP contribution in [-0.2, 0) is 25.9 Å². The number of amides is 1. The molecule has 1 aliphatic carbocycles. The average Bonchev–Trinajstić information content (AvgIpc) is 2.84. The van der Waals surface area contributed by atoms with Crippen molar-refractivity contribution < 1.29 is 14.6 Å². The van der Waals surface area contributed by atoms with Crippen molar-refractivity contribution in [1.29, 1.82) is 0 Å². The molecule has 0 radical (unpaired) electrons. The molecule has 5 heteroatoms. The van der Waals surface area contributed by atoms with E-state index in [0.29, 0.717) is 19.1 Å². The summed E-state index contributed by atoms with van der Waals surface area (Å²) in [6.07, 6.45) is 2.75. The number of ether oxygens (including phenoxy) is 1. The molecule has 2 N–H and O–H groups in total. The van der Waals surface area contributed by atoms with Crippen molar-refractivity contribution in [3.8, 4) is 5.75 Å². The number of fused-ring (bicyclic) bond motifs is 1. The van der Waals surface area contributed by atoms with Gasteiger partial charge in [0.15, 0.2) is 0 Å². The summed E-state index contributed by atoms with van der Waals surface area (Å²) in [5, 5.41) is 11.4. The first kappa shape index (κ1) is 23.8. The lowest BCUT2D eigenvalue weighted by atomic mass is 9.86. The zero-order chi connectivity index (χ0) is 23.8. The Morgan fingerprint density at radius 1 is 1.00 bits per heavy atom. The lowest BCUT2D eigenvalue weighted by Gasteiger charge is -2.36. The molecule has 178 valence electrons. The fraction of sp³-hybridized carbons (Fsp3) is 0.345. The fourth-order valence-electron chi connectivity index (χ4n) is 4.76. The molecule has 3 aromatic carbocycles. The lowest BCUT2D eigenvalue weighted by Crippen LogP contribution is -2.38. The topological polar surface area (TPSA) is 61.8 Å². The predicted molar refractivity (Wildman–Crippen MR) is 135 cm³/mol. The second-order valence-electron chi connectivity index (χ2n) is 9.15. The van der Waals surface area contributed by atoms with Crippen LogP contribution in [0.15, 0.2) is 78.9 Å². The number of nitrogens with zero attached hydrogens (tertiary/aromatic N) is 1. The van der Waals surface area contributed by atoms with Crippen molar-refractivity contribution in [3.63, 3.8) is 0 Å². The second kappa shape index (κ2) is 11.7. The van der Waals surface area contributed by atoms with Crippen molar-refractivity contribution in [2.45, 2.75) is 57.8 Å². The van der Waals surface area contributed by atoms with E-state index in [2.05, 4.69) is 89.1 Å². The molecular weight excluding hydrogens is 424 g/mol. The summed E-state index contributed by atoms with van der Waals surface area (Å²) in [6.45, 7) is 4.17. The molecule has 0 heterocycles. The smallest absolute Gasteiger partial charge is 0.404 e. The van der Waals surface area contributed by atoms with Crippen LogP contribution in [0.4, 0.5) is 4.79 Å². The number of benzene rings is 3. The maximum absolute atomic E-state index is 10.8. The van der Waals surface area contributed by atoms with E-state index < -0.39 is 6.09 Å². The summed E-state index contributed by atoms with van der Waals surface area (Å²) >= 11 is 0. The van der Waals surface area contributed by atoms with E-state index in [-0.39, 0.29) is 6.04 Å². The molecule has 3 aromatic rings. The monoisotopic (exact) mass is 458 g/mol. The van der Waals surface area contributed by atoms with Crippen molar-refractivity contribution in [2.24, 2.45) is 0 Å². The highest BCUT2D eigenvalue weighted by molar-refractivity contribution is 5.64. The standard InChI is InChI=1S/C29H34N2O3/c1-22(30-29(32)33)17-18-34-28-14-8-13-25-15-16-26(19-27(25)28)31(20-23-9-4-2-5-10-23)21-24-11-6-3-7-12-24/h2-14,22,26,30H,15-21H2,1H3,(H,32,33)/t22?,26-/m1/s1. The first-order chi connectivity index (χ1) is 16.6. The number of hydrogen-bond donors (Lipinski definition) is 2. The third-order valence-electron chi connectivity index (χ3n) is 6.57. The van der Waals surface area contributed by atoms with Gasteiger partial charge in [-0.05, 0) is 54.5 Å². The number of rotatable bonds is 10. The number of carbonyl (C=O) groups is 1. The Morgan fingerprint density at radius 2 is 1.65 bits per heavy atom. The van der Waals surface area contributed by atoms with Gasteiger partial charge in [0.25, 0.3) is 0 Å². The molecule has 34 heavy (non-hydrogen) atoms. The maximum Gasteiger partial charge on any atom is 0.404 e. The molecule has 5 nitrogen and oxygen atoms in total. The highest BCUT2D eigenvalue weighted by atomic mass is 16.5. The van der Waals surface area contributed by atoms with Gasteiger partial charge in [0.1, 0.15) is 5.75 Å². The molecule has 4 rings (SSSR count). The van der Waals surface area contributed by atoms with Gasteiger partial charge < -0.3 is 15.2 Å². The SMILES string of the molecule is CC(CCOc1cccc2c1C[C@H](N(Cc1ccccc1)Cc1ccccc1)CC2)NC(=O)O. The van der Waals surface area contributed by atoms with Gasteiger partial charge in [-0.3, -0.25) is 4.90 Å². The highest BCUT2D eigenvalue weighted by Crippen LogP contribution is 2.33. The predicted octanol–water partition coefficient (Wildman–Crippen LogP) is 5.67. The van der Waals surface area contributed by atoms with E-state index in [4.69, 9.17) is 9.84 Å². The number of aryl methyl sites for hydroxylation is 1. The maximum atomic E-state index is 10.8. The van der Waals surface area contributed by atoms with Gasteiger partial charge in [0.05, 0.1) is 6.61 Å². The third kappa shape index (κ3) is 6.61. The minimum absolute atomic E-state index is 0.142. The third-order valence-corrected chi connectivity index (χ3v) is 6.57. The molecule has 0 saturated carbocycles. The van der Waals surface area contributed by atoms with Crippen molar-refractivity contribution in [1.82, 2.24) is 10.2 Å². The van der Waals surface area contributed by atoms with Crippen molar-refractivity contribution in [3.05, 3.63) is 101 Å². The van der Waals surface area contributed by atoms with E-state index in [1.54, 1.807) is 0 Å². The van der Waals surface area contributed by atoms with Crippen molar-refractivity contribution >= 4 is 6.09 Å². The van der Waals surface area contributed by atoms with Crippen LogP contribution in [0.5, 0.6) is 5.75 Å². The molecule has 2 atom stereocenters. The molecule has 0 spiro atoms. The molecule has 1 aliphatic rings. The minimum atomic E-state index is -0.996. The van der Waals surface area contributed by atoms with E-state index >= 15 is 0 Å². The van der Waals surface area contributed by atoms with Crippen LogP contribution in [0, 0.1) is 0 Å².